The van der Waals surface area contributed by atoms with Gasteiger partial charge in [-0.3, -0.25) is 0 Å². The van der Waals surface area contributed by atoms with Crippen LogP contribution in [0.3, 0.4) is 0 Å². The zero-order valence-corrected chi connectivity index (χ0v) is 7.31. The molecule has 1 N–H and O–H groups in total. The van der Waals surface area contributed by atoms with Crippen molar-refractivity contribution in [2.75, 3.05) is 27.3 Å². The summed E-state index contributed by atoms with van der Waals surface area (Å²) in [5.41, 5.74) is 0. The highest BCUT2D eigenvalue weighted by molar-refractivity contribution is 4.58. The number of nitrogens with one attached hydrogen (secondary N) is 1. The van der Waals surface area contributed by atoms with Crippen LogP contribution >= 0.6 is 0 Å². The molecule has 0 aromatic rings. The van der Waals surface area contributed by atoms with Crippen LogP contribution in [0.15, 0.2) is 0 Å². The molecule has 62 valence electrons. The highest BCUT2D eigenvalue weighted by Gasteiger charge is 2.04. The Labute approximate surface area is 64.0 Å². The van der Waals surface area contributed by atoms with Crippen LogP contribution in [-0.2, 0) is 4.74 Å². The maximum atomic E-state index is 5.07. The Balaban J connectivity index is 3.30. The van der Waals surface area contributed by atoms with Gasteiger partial charge in [-0.2, -0.15) is 0 Å². The number of hydrogen-bond acceptors (Lipinski definition) is 2. The zero-order valence-electron chi connectivity index (χ0n) is 7.31. The molecule has 10 heavy (non-hydrogen) atoms. The Hall–Kier alpha value is -0.0800. The standard InChI is InChI=1S/C8H19NO/c1-4-5-8(6-9-2)7-10-3/h8-9H,4-7H2,1-3H3. The molecule has 1 unspecified atom stereocenters. The molecule has 1 atom stereocenters. The van der Waals surface area contributed by atoms with Gasteiger partial charge in [-0.25, -0.2) is 0 Å². The van der Waals surface area contributed by atoms with Gasteiger partial charge in [0.2, 0.25) is 0 Å². The van der Waals surface area contributed by atoms with Crippen molar-refractivity contribution in [3.05, 3.63) is 0 Å². The second-order valence-corrected chi connectivity index (χ2v) is 2.67. The fourth-order valence-electron chi connectivity index (χ4n) is 1.18. The molecule has 0 rings (SSSR count). The summed E-state index contributed by atoms with van der Waals surface area (Å²) in [5.74, 6) is 0.694. The van der Waals surface area contributed by atoms with E-state index in [1.807, 2.05) is 7.05 Å². The lowest BCUT2D eigenvalue weighted by molar-refractivity contribution is 0.147. The fraction of sp³-hybridized carbons (Fsp3) is 1.00. The molecule has 0 aromatic heterocycles. The Bertz CT molecular complexity index is 52.0. The highest BCUT2D eigenvalue weighted by atomic mass is 16.5. The fourth-order valence-corrected chi connectivity index (χ4v) is 1.18. The van der Waals surface area contributed by atoms with Gasteiger partial charge in [-0.15, -0.1) is 0 Å². The van der Waals surface area contributed by atoms with Crippen LogP contribution in [0.4, 0.5) is 0 Å². The number of ether oxygens (including phenoxy) is 1. The molecule has 0 aromatic carbocycles. The molecule has 0 bridgehead atoms. The molecule has 0 radical (unpaired) electrons. The van der Waals surface area contributed by atoms with E-state index >= 15 is 0 Å². The summed E-state index contributed by atoms with van der Waals surface area (Å²) in [5, 5.41) is 3.16. The van der Waals surface area contributed by atoms with E-state index in [2.05, 4.69) is 12.2 Å². The van der Waals surface area contributed by atoms with Gasteiger partial charge in [-0.05, 0) is 25.9 Å². The molecule has 0 aliphatic rings. The summed E-state index contributed by atoms with van der Waals surface area (Å²) in [6.45, 7) is 4.16. The first-order chi connectivity index (χ1) is 4.85. The van der Waals surface area contributed by atoms with E-state index in [0.717, 1.165) is 13.2 Å². The van der Waals surface area contributed by atoms with E-state index in [1.165, 1.54) is 12.8 Å². The van der Waals surface area contributed by atoms with Crippen LogP contribution < -0.4 is 5.32 Å². The van der Waals surface area contributed by atoms with Crippen molar-refractivity contribution in [1.82, 2.24) is 5.32 Å². The molecule has 0 heterocycles. The molecule has 2 heteroatoms. The van der Waals surface area contributed by atoms with Crippen LogP contribution in [0.5, 0.6) is 0 Å². The van der Waals surface area contributed by atoms with Gasteiger partial charge < -0.3 is 10.1 Å². The van der Waals surface area contributed by atoms with Crippen LogP contribution in [-0.4, -0.2) is 27.3 Å². The highest BCUT2D eigenvalue weighted by Crippen LogP contribution is 2.04. The van der Waals surface area contributed by atoms with Gasteiger partial charge in [0.25, 0.3) is 0 Å². The van der Waals surface area contributed by atoms with E-state index in [1.54, 1.807) is 7.11 Å². The Morgan fingerprint density at radius 3 is 2.60 bits per heavy atom. The minimum absolute atomic E-state index is 0.694. The van der Waals surface area contributed by atoms with Crippen molar-refractivity contribution in [3.8, 4) is 0 Å². The van der Waals surface area contributed by atoms with Crippen molar-refractivity contribution in [3.63, 3.8) is 0 Å². The largest absolute Gasteiger partial charge is 0.384 e. The van der Waals surface area contributed by atoms with E-state index < -0.39 is 0 Å². The summed E-state index contributed by atoms with van der Waals surface area (Å²) in [6.07, 6.45) is 2.50. The van der Waals surface area contributed by atoms with Crippen LogP contribution in [0.1, 0.15) is 19.8 Å². The molecule has 0 aliphatic carbocycles. The number of rotatable bonds is 6. The van der Waals surface area contributed by atoms with E-state index in [-0.39, 0.29) is 0 Å². The summed E-state index contributed by atoms with van der Waals surface area (Å²) < 4.78 is 5.07. The lowest BCUT2D eigenvalue weighted by Crippen LogP contribution is -2.22. The third-order valence-electron chi connectivity index (χ3n) is 1.59. The second-order valence-electron chi connectivity index (χ2n) is 2.67. The topological polar surface area (TPSA) is 21.3 Å². The molecule has 0 saturated carbocycles. The minimum atomic E-state index is 0.694. The molecule has 0 aliphatic heterocycles. The molecule has 0 amide bonds. The Morgan fingerprint density at radius 2 is 2.20 bits per heavy atom. The third kappa shape index (κ3) is 4.77. The summed E-state index contributed by atoms with van der Waals surface area (Å²) in [7, 11) is 3.75. The smallest absolute Gasteiger partial charge is 0.0502 e. The summed E-state index contributed by atoms with van der Waals surface area (Å²) >= 11 is 0. The first kappa shape index (κ1) is 9.92. The molecular formula is C8H19NO. The maximum absolute atomic E-state index is 5.07. The van der Waals surface area contributed by atoms with Crippen molar-refractivity contribution in [2.24, 2.45) is 5.92 Å². The SMILES string of the molecule is CCCC(CNC)COC. The van der Waals surface area contributed by atoms with Gasteiger partial charge in [0.15, 0.2) is 0 Å². The Kier molecular flexibility index (Phi) is 6.98. The quantitative estimate of drug-likeness (QED) is 0.607. The minimum Gasteiger partial charge on any atom is -0.384 e. The molecule has 0 saturated heterocycles. The first-order valence-electron chi connectivity index (χ1n) is 3.98. The van der Waals surface area contributed by atoms with Crippen LogP contribution in [0.25, 0.3) is 0 Å². The van der Waals surface area contributed by atoms with Gasteiger partial charge in [-0.1, -0.05) is 13.3 Å². The molecular weight excluding hydrogens is 126 g/mol. The molecule has 0 spiro atoms. The van der Waals surface area contributed by atoms with Gasteiger partial charge in [0.1, 0.15) is 0 Å². The van der Waals surface area contributed by atoms with Crippen LogP contribution in [0.2, 0.25) is 0 Å². The van der Waals surface area contributed by atoms with E-state index in [4.69, 9.17) is 4.74 Å². The average Bonchev–Trinajstić information content (AvgIpc) is 1.90. The lowest BCUT2D eigenvalue weighted by atomic mass is 10.1. The van der Waals surface area contributed by atoms with E-state index in [0.29, 0.717) is 5.92 Å². The van der Waals surface area contributed by atoms with Gasteiger partial charge >= 0.3 is 0 Å². The van der Waals surface area contributed by atoms with Crippen molar-refractivity contribution in [2.45, 2.75) is 19.8 Å². The van der Waals surface area contributed by atoms with E-state index in [9.17, 15) is 0 Å². The molecule has 2 nitrogen and oxygen atoms in total. The maximum Gasteiger partial charge on any atom is 0.0502 e. The van der Waals surface area contributed by atoms with Crippen molar-refractivity contribution < 1.29 is 4.74 Å². The zero-order chi connectivity index (χ0) is 7.82. The lowest BCUT2D eigenvalue weighted by Gasteiger charge is -2.13. The number of hydrogen-bond donors (Lipinski definition) is 1. The van der Waals surface area contributed by atoms with Gasteiger partial charge in [0.05, 0.1) is 6.61 Å². The van der Waals surface area contributed by atoms with Gasteiger partial charge in [0, 0.05) is 7.11 Å². The van der Waals surface area contributed by atoms with Crippen molar-refractivity contribution in [1.29, 1.82) is 0 Å². The Morgan fingerprint density at radius 1 is 1.50 bits per heavy atom. The normalized spacial score (nSPS) is 13.5. The third-order valence-corrected chi connectivity index (χ3v) is 1.59. The van der Waals surface area contributed by atoms with Crippen LogP contribution in [0, 0.1) is 5.92 Å². The number of methoxy groups -OCH3 is 1. The first-order valence-corrected chi connectivity index (χ1v) is 3.98. The molecule has 0 fully saturated rings. The monoisotopic (exact) mass is 145 g/mol. The average molecular weight is 145 g/mol. The van der Waals surface area contributed by atoms with Crippen molar-refractivity contribution >= 4 is 0 Å². The summed E-state index contributed by atoms with van der Waals surface area (Å²) in [6, 6.07) is 0. The predicted molar refractivity (Wildman–Crippen MR) is 44.2 cm³/mol. The summed E-state index contributed by atoms with van der Waals surface area (Å²) in [4.78, 5) is 0. The second kappa shape index (κ2) is 7.03. The predicted octanol–water partition coefficient (Wildman–Crippen LogP) is 1.27.